The minimum absolute atomic E-state index is 0.0269. The number of rotatable bonds is 6. The minimum atomic E-state index is -4.29. The van der Waals surface area contributed by atoms with Gasteiger partial charge < -0.3 is 16.2 Å². The number of alkyl halides is 3. The maximum absolute atomic E-state index is 11.8. The smallest absolute Gasteiger partial charge is 0.398 e. The highest BCUT2D eigenvalue weighted by Gasteiger charge is 2.27. The molecule has 7 heteroatoms. The molecule has 1 unspecified atom stereocenters. The summed E-state index contributed by atoms with van der Waals surface area (Å²) in [5.74, 6) is 0. The van der Waals surface area contributed by atoms with Crippen LogP contribution in [0.4, 0.5) is 18.9 Å². The number of hydrogen-bond acceptors (Lipinski definition) is 4. The standard InChI is InChI=1S/C11H16F3N3O/c12-11(13,14)7-18-4-2-9(15)5-8-6-17-3-1-10(8)16/h1,3,6,9H,2,4-5,7,15H2,(H2,16,17). The highest BCUT2D eigenvalue weighted by atomic mass is 19.4. The molecule has 0 fully saturated rings. The van der Waals surface area contributed by atoms with Gasteiger partial charge in [-0.25, -0.2) is 0 Å². The van der Waals surface area contributed by atoms with Gasteiger partial charge in [-0.3, -0.25) is 4.98 Å². The Labute approximate surface area is 103 Å². The number of aromatic nitrogens is 1. The Hall–Kier alpha value is -1.34. The van der Waals surface area contributed by atoms with Gasteiger partial charge in [-0.05, 0) is 24.5 Å². The van der Waals surface area contributed by atoms with Gasteiger partial charge in [-0.1, -0.05) is 0 Å². The van der Waals surface area contributed by atoms with E-state index in [0.717, 1.165) is 5.56 Å². The van der Waals surface area contributed by atoms with Crippen LogP contribution >= 0.6 is 0 Å². The van der Waals surface area contributed by atoms with Gasteiger partial charge >= 0.3 is 6.18 Å². The summed E-state index contributed by atoms with van der Waals surface area (Å²) in [5.41, 5.74) is 12.9. The summed E-state index contributed by atoms with van der Waals surface area (Å²) < 4.78 is 39.9. The van der Waals surface area contributed by atoms with Crippen LogP contribution in [0.1, 0.15) is 12.0 Å². The van der Waals surface area contributed by atoms with Crippen molar-refractivity contribution in [2.24, 2.45) is 5.73 Å². The Balaban J connectivity index is 2.26. The number of nitrogen functional groups attached to an aromatic ring is 1. The average Bonchev–Trinajstić information content (AvgIpc) is 2.26. The lowest BCUT2D eigenvalue weighted by Gasteiger charge is -2.13. The zero-order chi connectivity index (χ0) is 13.6. The third kappa shape index (κ3) is 5.83. The average molecular weight is 263 g/mol. The van der Waals surface area contributed by atoms with Crippen molar-refractivity contribution < 1.29 is 17.9 Å². The molecule has 1 rings (SSSR count). The molecule has 18 heavy (non-hydrogen) atoms. The minimum Gasteiger partial charge on any atom is -0.398 e. The van der Waals surface area contributed by atoms with Gasteiger partial charge in [0.1, 0.15) is 6.61 Å². The van der Waals surface area contributed by atoms with Gasteiger partial charge in [0.25, 0.3) is 0 Å². The van der Waals surface area contributed by atoms with Crippen molar-refractivity contribution >= 4 is 5.69 Å². The van der Waals surface area contributed by atoms with Crippen LogP contribution in [0, 0.1) is 0 Å². The Bertz CT molecular complexity index is 371. The van der Waals surface area contributed by atoms with Crippen molar-refractivity contribution in [3.63, 3.8) is 0 Å². The van der Waals surface area contributed by atoms with E-state index in [1.54, 1.807) is 18.5 Å². The van der Waals surface area contributed by atoms with Crippen LogP contribution in [-0.2, 0) is 11.2 Å². The van der Waals surface area contributed by atoms with Crippen molar-refractivity contribution in [1.29, 1.82) is 0 Å². The van der Waals surface area contributed by atoms with Crippen LogP contribution in [0.3, 0.4) is 0 Å². The normalized spacial score (nSPS) is 13.6. The van der Waals surface area contributed by atoms with Gasteiger partial charge in [0.2, 0.25) is 0 Å². The molecule has 0 aromatic carbocycles. The van der Waals surface area contributed by atoms with Crippen molar-refractivity contribution in [2.75, 3.05) is 18.9 Å². The van der Waals surface area contributed by atoms with Crippen LogP contribution < -0.4 is 11.5 Å². The molecule has 0 radical (unpaired) electrons. The maximum Gasteiger partial charge on any atom is 0.411 e. The summed E-state index contributed by atoms with van der Waals surface area (Å²) in [4.78, 5) is 3.91. The van der Waals surface area contributed by atoms with Crippen LogP contribution in [0.5, 0.6) is 0 Å². The van der Waals surface area contributed by atoms with Crippen molar-refractivity contribution in [3.8, 4) is 0 Å². The zero-order valence-corrected chi connectivity index (χ0v) is 9.78. The number of pyridine rings is 1. The van der Waals surface area contributed by atoms with Crippen LogP contribution in [-0.4, -0.2) is 30.4 Å². The lowest BCUT2D eigenvalue weighted by molar-refractivity contribution is -0.174. The van der Waals surface area contributed by atoms with E-state index in [9.17, 15) is 13.2 Å². The Morgan fingerprint density at radius 1 is 1.39 bits per heavy atom. The van der Waals surface area contributed by atoms with Gasteiger partial charge in [-0.15, -0.1) is 0 Å². The molecular formula is C11H16F3N3O. The molecule has 0 aliphatic carbocycles. The summed E-state index contributed by atoms with van der Waals surface area (Å²) in [6, 6.07) is 1.35. The van der Waals surface area contributed by atoms with Crippen LogP contribution in [0.15, 0.2) is 18.5 Å². The molecule has 0 saturated carbocycles. The van der Waals surface area contributed by atoms with E-state index < -0.39 is 12.8 Å². The molecule has 4 nitrogen and oxygen atoms in total. The lowest BCUT2D eigenvalue weighted by atomic mass is 10.1. The SMILES string of the molecule is Nc1ccncc1CC(N)CCOCC(F)(F)F. The molecule has 0 aliphatic heterocycles. The number of hydrogen-bond donors (Lipinski definition) is 2. The zero-order valence-electron chi connectivity index (χ0n) is 9.78. The molecule has 1 atom stereocenters. The lowest BCUT2D eigenvalue weighted by Crippen LogP contribution is -2.26. The first-order chi connectivity index (χ1) is 8.38. The predicted octanol–water partition coefficient (Wildman–Crippen LogP) is 1.50. The molecule has 4 N–H and O–H groups in total. The Kier molecular flexibility index (Phi) is 5.36. The highest BCUT2D eigenvalue weighted by molar-refractivity contribution is 5.44. The van der Waals surface area contributed by atoms with Crippen LogP contribution in [0.25, 0.3) is 0 Å². The number of halogens is 3. The fourth-order valence-corrected chi connectivity index (χ4v) is 1.42. The van der Waals surface area contributed by atoms with Gasteiger partial charge in [-0.2, -0.15) is 13.2 Å². The summed E-state index contributed by atoms with van der Waals surface area (Å²) in [5, 5.41) is 0. The summed E-state index contributed by atoms with van der Waals surface area (Å²) >= 11 is 0. The predicted molar refractivity (Wildman–Crippen MR) is 61.8 cm³/mol. The fourth-order valence-electron chi connectivity index (χ4n) is 1.42. The van der Waals surface area contributed by atoms with Crippen molar-refractivity contribution in [2.45, 2.75) is 25.1 Å². The monoisotopic (exact) mass is 263 g/mol. The molecule has 0 aliphatic rings. The largest absolute Gasteiger partial charge is 0.411 e. The Morgan fingerprint density at radius 2 is 2.11 bits per heavy atom. The first-order valence-corrected chi connectivity index (χ1v) is 5.47. The topological polar surface area (TPSA) is 74.2 Å². The number of nitrogens with two attached hydrogens (primary N) is 2. The van der Waals surface area contributed by atoms with Gasteiger partial charge in [0.15, 0.2) is 0 Å². The molecule has 102 valence electrons. The van der Waals surface area contributed by atoms with E-state index in [1.807, 2.05) is 0 Å². The van der Waals surface area contributed by atoms with Crippen molar-refractivity contribution in [1.82, 2.24) is 4.98 Å². The molecule has 0 amide bonds. The molecule has 0 bridgehead atoms. The first-order valence-electron chi connectivity index (χ1n) is 5.47. The molecule has 1 aromatic heterocycles. The van der Waals surface area contributed by atoms with Crippen LogP contribution in [0.2, 0.25) is 0 Å². The number of ether oxygens (including phenoxy) is 1. The Morgan fingerprint density at radius 3 is 2.72 bits per heavy atom. The van der Waals surface area contributed by atoms with Crippen molar-refractivity contribution in [3.05, 3.63) is 24.0 Å². The van der Waals surface area contributed by atoms with Gasteiger partial charge in [0.05, 0.1) is 0 Å². The van der Waals surface area contributed by atoms with E-state index in [4.69, 9.17) is 11.5 Å². The molecular weight excluding hydrogens is 247 g/mol. The number of nitrogens with zero attached hydrogens (tertiary/aromatic N) is 1. The molecule has 0 saturated heterocycles. The summed E-state index contributed by atoms with van der Waals surface area (Å²) in [7, 11) is 0. The van der Waals surface area contributed by atoms with Gasteiger partial charge in [0, 0.05) is 30.7 Å². The second-order valence-corrected chi connectivity index (χ2v) is 4.00. The highest BCUT2D eigenvalue weighted by Crippen LogP contribution is 2.15. The third-order valence-corrected chi connectivity index (χ3v) is 2.32. The quantitative estimate of drug-likeness (QED) is 0.763. The summed E-state index contributed by atoms with van der Waals surface area (Å²) in [6.45, 7) is -1.27. The third-order valence-electron chi connectivity index (χ3n) is 2.32. The van der Waals surface area contributed by atoms with E-state index in [2.05, 4.69) is 9.72 Å². The van der Waals surface area contributed by atoms with E-state index in [-0.39, 0.29) is 12.6 Å². The summed E-state index contributed by atoms with van der Waals surface area (Å²) in [6.07, 6.45) is -0.320. The van der Waals surface area contributed by atoms with E-state index in [1.165, 1.54) is 0 Å². The number of anilines is 1. The molecule has 1 heterocycles. The van der Waals surface area contributed by atoms with E-state index in [0.29, 0.717) is 18.5 Å². The second-order valence-electron chi connectivity index (χ2n) is 4.00. The molecule has 1 aromatic rings. The fraction of sp³-hybridized carbons (Fsp3) is 0.545. The molecule has 0 spiro atoms. The second kappa shape index (κ2) is 6.55. The van der Waals surface area contributed by atoms with E-state index >= 15 is 0 Å². The first kappa shape index (κ1) is 14.7. The maximum atomic E-state index is 11.8.